The van der Waals surface area contributed by atoms with Gasteiger partial charge in [-0.2, -0.15) is 0 Å². The van der Waals surface area contributed by atoms with Crippen molar-refractivity contribution in [1.29, 1.82) is 0 Å². The van der Waals surface area contributed by atoms with Crippen LogP contribution in [0.2, 0.25) is 0 Å². The lowest BCUT2D eigenvalue weighted by atomic mass is 10.1. The lowest BCUT2D eigenvalue weighted by Crippen LogP contribution is -2.18. The summed E-state index contributed by atoms with van der Waals surface area (Å²) in [5, 5.41) is 5.57. The van der Waals surface area contributed by atoms with Gasteiger partial charge in [-0.05, 0) is 43.0 Å². The Morgan fingerprint density at radius 2 is 2.18 bits per heavy atom. The summed E-state index contributed by atoms with van der Waals surface area (Å²) in [5.74, 6) is 0. The highest BCUT2D eigenvalue weighted by atomic mass is 32.1. The van der Waals surface area contributed by atoms with Crippen LogP contribution >= 0.6 is 11.3 Å². The maximum Gasteiger partial charge on any atom is 0.0576 e. The minimum Gasteiger partial charge on any atom is -0.397 e. The summed E-state index contributed by atoms with van der Waals surface area (Å²) in [4.78, 5) is 1.40. The Morgan fingerprint density at radius 1 is 1.35 bits per heavy atom. The molecule has 3 N–H and O–H groups in total. The molecule has 90 valence electrons. The van der Waals surface area contributed by atoms with E-state index in [1.165, 1.54) is 10.4 Å². The molecule has 0 saturated heterocycles. The summed E-state index contributed by atoms with van der Waals surface area (Å²) in [6.45, 7) is 4.23. The second kappa shape index (κ2) is 5.23. The zero-order valence-electron chi connectivity index (χ0n) is 10.2. The Balaban J connectivity index is 2.00. The van der Waals surface area contributed by atoms with Crippen LogP contribution in [0.15, 0.2) is 35.7 Å². The average molecular weight is 246 g/mol. The highest BCUT2D eigenvalue weighted by Crippen LogP contribution is 2.21. The molecule has 0 bridgehead atoms. The number of aryl methyl sites for hydroxylation is 1. The monoisotopic (exact) mass is 246 g/mol. The lowest BCUT2D eigenvalue weighted by molar-refractivity contribution is 0.801. The summed E-state index contributed by atoms with van der Waals surface area (Å²) in [6, 6.07) is 10.8. The summed E-state index contributed by atoms with van der Waals surface area (Å²) in [5.41, 5.74) is 9.03. The van der Waals surface area contributed by atoms with E-state index in [1.807, 2.05) is 6.07 Å². The number of hydrogen-bond acceptors (Lipinski definition) is 3. The van der Waals surface area contributed by atoms with Crippen molar-refractivity contribution in [3.8, 4) is 0 Å². The van der Waals surface area contributed by atoms with E-state index in [2.05, 4.69) is 48.8 Å². The molecule has 1 aromatic heterocycles. The van der Waals surface area contributed by atoms with Crippen LogP contribution in [0.5, 0.6) is 0 Å². The van der Waals surface area contributed by atoms with E-state index < -0.39 is 0 Å². The van der Waals surface area contributed by atoms with Crippen LogP contribution in [-0.4, -0.2) is 6.04 Å². The molecule has 1 atom stereocenters. The summed E-state index contributed by atoms with van der Waals surface area (Å²) < 4.78 is 0. The number of nitrogen functional groups attached to an aromatic ring is 1. The van der Waals surface area contributed by atoms with Gasteiger partial charge in [0.2, 0.25) is 0 Å². The first-order valence-electron chi connectivity index (χ1n) is 5.80. The fourth-order valence-electron chi connectivity index (χ4n) is 1.86. The molecule has 0 aliphatic carbocycles. The third-order valence-corrected chi connectivity index (χ3v) is 3.60. The Morgan fingerprint density at radius 3 is 2.82 bits per heavy atom. The van der Waals surface area contributed by atoms with E-state index in [-0.39, 0.29) is 0 Å². The van der Waals surface area contributed by atoms with Gasteiger partial charge in [0, 0.05) is 17.3 Å². The Kier molecular flexibility index (Phi) is 3.69. The molecule has 0 aliphatic rings. The van der Waals surface area contributed by atoms with Crippen molar-refractivity contribution in [1.82, 2.24) is 0 Å². The second-order valence-electron chi connectivity index (χ2n) is 4.42. The number of nitrogens with two attached hydrogens (primary N) is 1. The number of rotatable bonds is 4. The minimum atomic E-state index is 0.388. The molecule has 1 heterocycles. The molecular formula is C14H18N2S. The molecule has 3 heteroatoms. The van der Waals surface area contributed by atoms with Crippen LogP contribution in [0.3, 0.4) is 0 Å². The third kappa shape index (κ3) is 3.24. The van der Waals surface area contributed by atoms with E-state index in [0.29, 0.717) is 6.04 Å². The van der Waals surface area contributed by atoms with Crippen LogP contribution in [0.1, 0.15) is 17.4 Å². The number of hydrogen-bond donors (Lipinski definition) is 2. The predicted octanol–water partition coefficient (Wildman–Crippen LogP) is 3.68. The van der Waals surface area contributed by atoms with E-state index in [4.69, 9.17) is 5.73 Å². The van der Waals surface area contributed by atoms with E-state index in [0.717, 1.165) is 17.8 Å². The van der Waals surface area contributed by atoms with Crippen molar-refractivity contribution in [2.24, 2.45) is 0 Å². The molecule has 0 spiro atoms. The van der Waals surface area contributed by atoms with Crippen LogP contribution < -0.4 is 11.1 Å². The molecule has 1 unspecified atom stereocenters. The van der Waals surface area contributed by atoms with Crippen LogP contribution in [0.25, 0.3) is 0 Å². The van der Waals surface area contributed by atoms with Gasteiger partial charge in [0.15, 0.2) is 0 Å². The van der Waals surface area contributed by atoms with E-state index >= 15 is 0 Å². The van der Waals surface area contributed by atoms with Gasteiger partial charge in [-0.3, -0.25) is 0 Å². The van der Waals surface area contributed by atoms with Crippen molar-refractivity contribution in [2.75, 3.05) is 11.1 Å². The number of nitrogens with one attached hydrogen (secondary N) is 1. The van der Waals surface area contributed by atoms with Gasteiger partial charge in [-0.25, -0.2) is 0 Å². The minimum absolute atomic E-state index is 0.388. The Hall–Kier alpha value is -1.48. The summed E-state index contributed by atoms with van der Waals surface area (Å²) >= 11 is 1.80. The van der Waals surface area contributed by atoms with Crippen molar-refractivity contribution >= 4 is 22.7 Å². The van der Waals surface area contributed by atoms with Crippen molar-refractivity contribution in [2.45, 2.75) is 26.3 Å². The molecule has 0 amide bonds. The van der Waals surface area contributed by atoms with E-state index in [9.17, 15) is 0 Å². The highest BCUT2D eigenvalue weighted by molar-refractivity contribution is 7.09. The number of thiophene rings is 1. The van der Waals surface area contributed by atoms with Crippen LogP contribution in [0, 0.1) is 6.92 Å². The van der Waals surface area contributed by atoms with Gasteiger partial charge in [-0.15, -0.1) is 11.3 Å². The molecule has 0 fully saturated rings. The van der Waals surface area contributed by atoms with E-state index in [1.54, 1.807) is 11.3 Å². The van der Waals surface area contributed by atoms with Crippen LogP contribution in [-0.2, 0) is 6.42 Å². The smallest absolute Gasteiger partial charge is 0.0576 e. The zero-order valence-corrected chi connectivity index (χ0v) is 11.1. The van der Waals surface area contributed by atoms with Gasteiger partial charge in [0.25, 0.3) is 0 Å². The Bertz CT molecular complexity index is 477. The molecule has 0 aliphatic heterocycles. The topological polar surface area (TPSA) is 38.0 Å². The van der Waals surface area contributed by atoms with Gasteiger partial charge in [0.05, 0.1) is 11.4 Å². The number of benzene rings is 1. The van der Waals surface area contributed by atoms with Gasteiger partial charge >= 0.3 is 0 Å². The largest absolute Gasteiger partial charge is 0.397 e. The molecule has 2 nitrogen and oxygen atoms in total. The predicted molar refractivity (Wildman–Crippen MR) is 76.7 cm³/mol. The first kappa shape index (κ1) is 12.0. The fraction of sp³-hybridized carbons (Fsp3) is 0.286. The van der Waals surface area contributed by atoms with Crippen molar-refractivity contribution in [3.63, 3.8) is 0 Å². The third-order valence-electron chi connectivity index (χ3n) is 2.70. The van der Waals surface area contributed by atoms with Crippen LogP contribution in [0.4, 0.5) is 11.4 Å². The quantitative estimate of drug-likeness (QED) is 0.808. The lowest BCUT2D eigenvalue weighted by Gasteiger charge is -2.16. The molecule has 17 heavy (non-hydrogen) atoms. The standard InChI is InChI=1S/C14H18N2S/c1-10-5-6-14(13(15)8-10)16-11(2)9-12-4-3-7-17-12/h3-8,11,16H,9,15H2,1-2H3. The molecule has 0 saturated carbocycles. The van der Waals surface area contributed by atoms with Crippen molar-refractivity contribution in [3.05, 3.63) is 46.2 Å². The molecule has 0 radical (unpaired) electrons. The molecule has 2 aromatic rings. The maximum absolute atomic E-state index is 5.98. The zero-order chi connectivity index (χ0) is 12.3. The molecule has 2 rings (SSSR count). The molecule has 1 aromatic carbocycles. The van der Waals surface area contributed by atoms with Crippen molar-refractivity contribution < 1.29 is 0 Å². The SMILES string of the molecule is Cc1ccc(NC(C)Cc2cccs2)c(N)c1. The highest BCUT2D eigenvalue weighted by Gasteiger charge is 2.06. The first-order chi connectivity index (χ1) is 8.15. The second-order valence-corrected chi connectivity index (χ2v) is 5.45. The first-order valence-corrected chi connectivity index (χ1v) is 6.68. The normalized spacial score (nSPS) is 12.4. The fourth-order valence-corrected chi connectivity index (χ4v) is 2.70. The maximum atomic E-state index is 5.98. The Labute approximate surface area is 106 Å². The van der Waals surface area contributed by atoms with Gasteiger partial charge < -0.3 is 11.1 Å². The van der Waals surface area contributed by atoms with Gasteiger partial charge in [-0.1, -0.05) is 12.1 Å². The molecular weight excluding hydrogens is 228 g/mol. The summed E-state index contributed by atoms with van der Waals surface area (Å²) in [6.07, 6.45) is 1.03. The average Bonchev–Trinajstić information content (AvgIpc) is 2.75. The number of anilines is 2. The van der Waals surface area contributed by atoms with Gasteiger partial charge in [0.1, 0.15) is 0 Å². The summed E-state index contributed by atoms with van der Waals surface area (Å²) in [7, 11) is 0.